The van der Waals surface area contributed by atoms with Crippen molar-refractivity contribution in [2.45, 2.75) is 19.9 Å². The molecule has 74 valence electrons. The van der Waals surface area contributed by atoms with Crippen LogP contribution in [0.4, 0.5) is 0 Å². The number of fused-ring (bicyclic) bond motifs is 1. The van der Waals surface area contributed by atoms with Crippen LogP contribution >= 0.6 is 34.2 Å². The Hall–Kier alpha value is -0.360. The maximum Gasteiger partial charge on any atom is 0.162 e. The predicted molar refractivity (Wildman–Crippen MR) is 65.6 cm³/mol. The highest BCUT2D eigenvalue weighted by atomic mass is 127. The van der Waals surface area contributed by atoms with Gasteiger partial charge in [0.2, 0.25) is 0 Å². The van der Waals surface area contributed by atoms with Crippen molar-refractivity contribution in [2.24, 2.45) is 0 Å². The van der Waals surface area contributed by atoms with Gasteiger partial charge in [0.25, 0.3) is 0 Å². The molecule has 0 aliphatic heterocycles. The van der Waals surface area contributed by atoms with Crippen molar-refractivity contribution in [3.05, 3.63) is 21.1 Å². The van der Waals surface area contributed by atoms with Gasteiger partial charge in [-0.2, -0.15) is 0 Å². The summed E-state index contributed by atoms with van der Waals surface area (Å²) in [6.45, 7) is 4.19. The van der Waals surface area contributed by atoms with Gasteiger partial charge in [-0.15, -0.1) is 0 Å². The summed E-state index contributed by atoms with van der Waals surface area (Å²) >= 11 is 8.21. The van der Waals surface area contributed by atoms with Crippen LogP contribution in [0.15, 0.2) is 12.4 Å². The lowest BCUT2D eigenvalue weighted by Gasteiger charge is -2.06. The number of imidazole rings is 1. The number of hydrogen-bond donors (Lipinski definition) is 0. The van der Waals surface area contributed by atoms with E-state index >= 15 is 0 Å². The Labute approximate surface area is 101 Å². The first-order chi connectivity index (χ1) is 6.59. The minimum atomic E-state index is 0.349. The standard InChI is InChI=1S/C9H9ClIN3/c1-5(2)14-4-12-8-6(10)3-7(11)13-9(8)14/h3-5H,1-2H3. The molecule has 2 rings (SSSR count). The maximum atomic E-state index is 6.06. The third-order valence-corrected chi connectivity index (χ3v) is 2.85. The van der Waals surface area contributed by atoms with E-state index in [2.05, 4.69) is 46.4 Å². The highest BCUT2D eigenvalue weighted by Crippen LogP contribution is 2.24. The molecule has 0 aliphatic rings. The Morgan fingerprint density at radius 2 is 2.21 bits per heavy atom. The van der Waals surface area contributed by atoms with Crippen LogP contribution in [-0.2, 0) is 0 Å². The summed E-state index contributed by atoms with van der Waals surface area (Å²) in [5.41, 5.74) is 1.64. The van der Waals surface area contributed by atoms with Crippen molar-refractivity contribution in [1.29, 1.82) is 0 Å². The Balaban J connectivity index is 2.78. The number of hydrogen-bond acceptors (Lipinski definition) is 2. The maximum absolute atomic E-state index is 6.06. The minimum Gasteiger partial charge on any atom is -0.313 e. The summed E-state index contributed by atoms with van der Waals surface area (Å²) in [5.74, 6) is 0. The predicted octanol–water partition coefficient (Wildman–Crippen LogP) is 3.27. The second-order valence-electron chi connectivity index (χ2n) is 3.34. The average molecular weight is 322 g/mol. The zero-order chi connectivity index (χ0) is 10.3. The molecule has 0 atom stereocenters. The Kier molecular flexibility index (Phi) is 2.66. The van der Waals surface area contributed by atoms with Gasteiger partial charge in [0.1, 0.15) is 9.22 Å². The van der Waals surface area contributed by atoms with E-state index < -0.39 is 0 Å². The van der Waals surface area contributed by atoms with Gasteiger partial charge in [0.15, 0.2) is 5.65 Å². The molecule has 0 aliphatic carbocycles. The lowest BCUT2D eigenvalue weighted by atomic mass is 10.4. The fraction of sp³-hybridized carbons (Fsp3) is 0.333. The van der Waals surface area contributed by atoms with Gasteiger partial charge >= 0.3 is 0 Å². The lowest BCUT2D eigenvalue weighted by Crippen LogP contribution is -2.00. The van der Waals surface area contributed by atoms with E-state index in [1.807, 2.05) is 10.6 Å². The molecular formula is C9H9ClIN3. The van der Waals surface area contributed by atoms with E-state index in [4.69, 9.17) is 11.6 Å². The fourth-order valence-corrected chi connectivity index (χ4v) is 2.28. The van der Waals surface area contributed by atoms with Crippen LogP contribution in [0.1, 0.15) is 19.9 Å². The molecule has 0 bridgehead atoms. The molecule has 0 N–H and O–H groups in total. The van der Waals surface area contributed by atoms with Crippen LogP contribution in [0.25, 0.3) is 11.2 Å². The van der Waals surface area contributed by atoms with Gasteiger partial charge in [-0.05, 0) is 42.5 Å². The van der Waals surface area contributed by atoms with Gasteiger partial charge < -0.3 is 4.57 Å². The number of halogens is 2. The zero-order valence-electron chi connectivity index (χ0n) is 7.83. The van der Waals surface area contributed by atoms with E-state index in [0.717, 1.165) is 14.9 Å². The molecule has 0 saturated heterocycles. The molecule has 5 heteroatoms. The van der Waals surface area contributed by atoms with Crippen LogP contribution in [0, 0.1) is 3.70 Å². The molecule has 0 unspecified atom stereocenters. The van der Waals surface area contributed by atoms with Crippen molar-refractivity contribution in [1.82, 2.24) is 14.5 Å². The highest BCUT2D eigenvalue weighted by molar-refractivity contribution is 14.1. The van der Waals surface area contributed by atoms with Crippen LogP contribution in [-0.4, -0.2) is 14.5 Å². The molecule has 14 heavy (non-hydrogen) atoms. The smallest absolute Gasteiger partial charge is 0.162 e. The highest BCUT2D eigenvalue weighted by Gasteiger charge is 2.10. The number of nitrogens with zero attached hydrogens (tertiary/aromatic N) is 3. The van der Waals surface area contributed by atoms with Crippen LogP contribution in [0.2, 0.25) is 5.02 Å². The quantitative estimate of drug-likeness (QED) is 0.596. The fourth-order valence-electron chi connectivity index (χ4n) is 1.32. The van der Waals surface area contributed by atoms with Crippen molar-refractivity contribution < 1.29 is 0 Å². The van der Waals surface area contributed by atoms with Crippen LogP contribution in [0.3, 0.4) is 0 Å². The second kappa shape index (κ2) is 3.66. The second-order valence-corrected chi connectivity index (χ2v) is 4.86. The molecule has 2 aromatic heterocycles. The molecule has 0 radical (unpaired) electrons. The Bertz CT molecular complexity index is 478. The summed E-state index contributed by atoms with van der Waals surface area (Å²) in [5, 5.41) is 0.666. The van der Waals surface area contributed by atoms with Crippen molar-refractivity contribution in [2.75, 3.05) is 0 Å². The summed E-state index contributed by atoms with van der Waals surface area (Å²) in [6, 6.07) is 2.17. The molecule has 0 amide bonds. The topological polar surface area (TPSA) is 30.7 Å². The zero-order valence-corrected chi connectivity index (χ0v) is 10.7. The first-order valence-corrected chi connectivity index (χ1v) is 5.74. The van der Waals surface area contributed by atoms with E-state index in [1.165, 1.54) is 0 Å². The number of pyridine rings is 1. The Morgan fingerprint density at radius 3 is 2.86 bits per heavy atom. The van der Waals surface area contributed by atoms with E-state index in [9.17, 15) is 0 Å². The first-order valence-electron chi connectivity index (χ1n) is 4.28. The lowest BCUT2D eigenvalue weighted by molar-refractivity contribution is 0.612. The van der Waals surface area contributed by atoms with Gasteiger partial charge in [0.05, 0.1) is 11.3 Å². The molecule has 0 fully saturated rings. The van der Waals surface area contributed by atoms with E-state index in [1.54, 1.807) is 6.33 Å². The first kappa shape index (κ1) is 10.2. The summed E-state index contributed by atoms with van der Waals surface area (Å²) in [4.78, 5) is 8.67. The van der Waals surface area contributed by atoms with Crippen molar-refractivity contribution in [3.8, 4) is 0 Å². The summed E-state index contributed by atoms with van der Waals surface area (Å²) in [7, 11) is 0. The third-order valence-electron chi connectivity index (χ3n) is 2.01. The Morgan fingerprint density at radius 1 is 1.50 bits per heavy atom. The summed E-state index contributed by atoms with van der Waals surface area (Å²) < 4.78 is 2.91. The van der Waals surface area contributed by atoms with E-state index in [-0.39, 0.29) is 0 Å². The average Bonchev–Trinajstić information content (AvgIpc) is 2.47. The van der Waals surface area contributed by atoms with Crippen LogP contribution in [0.5, 0.6) is 0 Å². The number of aromatic nitrogens is 3. The van der Waals surface area contributed by atoms with Gasteiger partial charge in [0, 0.05) is 6.04 Å². The number of rotatable bonds is 1. The molecule has 2 aromatic rings. The third kappa shape index (κ3) is 1.61. The minimum absolute atomic E-state index is 0.349. The van der Waals surface area contributed by atoms with Gasteiger partial charge in [-0.25, -0.2) is 9.97 Å². The van der Waals surface area contributed by atoms with Gasteiger partial charge in [-0.1, -0.05) is 11.6 Å². The normalized spacial score (nSPS) is 11.5. The molecule has 2 heterocycles. The molecule has 0 aromatic carbocycles. The van der Waals surface area contributed by atoms with Crippen molar-refractivity contribution >= 4 is 45.4 Å². The van der Waals surface area contributed by atoms with E-state index in [0.29, 0.717) is 11.1 Å². The van der Waals surface area contributed by atoms with Crippen molar-refractivity contribution in [3.63, 3.8) is 0 Å². The molecule has 3 nitrogen and oxygen atoms in total. The molecular weight excluding hydrogens is 312 g/mol. The summed E-state index contributed by atoms with van der Waals surface area (Å²) in [6.07, 6.45) is 1.78. The van der Waals surface area contributed by atoms with Crippen LogP contribution < -0.4 is 0 Å². The molecule has 0 spiro atoms. The molecule has 0 saturated carbocycles. The SMILES string of the molecule is CC(C)n1cnc2c(Cl)cc(I)nc21. The monoisotopic (exact) mass is 321 g/mol. The van der Waals surface area contributed by atoms with Gasteiger partial charge in [-0.3, -0.25) is 0 Å². The largest absolute Gasteiger partial charge is 0.313 e.